The van der Waals surface area contributed by atoms with Crippen LogP contribution < -0.4 is 10.1 Å². The summed E-state index contributed by atoms with van der Waals surface area (Å²) in [5, 5.41) is 4.29. The van der Waals surface area contributed by atoms with E-state index in [1.807, 2.05) is 6.07 Å². The lowest BCUT2D eigenvalue weighted by Crippen LogP contribution is -2.25. The van der Waals surface area contributed by atoms with Crippen molar-refractivity contribution in [3.05, 3.63) is 22.7 Å². The van der Waals surface area contributed by atoms with Gasteiger partial charge in [0, 0.05) is 12.1 Å². The molecule has 0 spiro atoms. The van der Waals surface area contributed by atoms with Crippen LogP contribution in [0.15, 0.2) is 12.1 Å². The Morgan fingerprint density at radius 2 is 2.00 bits per heavy atom. The van der Waals surface area contributed by atoms with Gasteiger partial charge >= 0.3 is 0 Å². The molecule has 2 nitrogen and oxygen atoms in total. The Hall–Kier alpha value is -0.890. The quantitative estimate of drug-likeness (QED) is 0.839. The van der Waals surface area contributed by atoms with Gasteiger partial charge in [-0.1, -0.05) is 38.4 Å². The van der Waals surface area contributed by atoms with Crippen molar-refractivity contribution in [3.8, 4) is 5.75 Å². The van der Waals surface area contributed by atoms with Gasteiger partial charge in [0.05, 0.1) is 17.3 Å². The molecule has 1 aliphatic heterocycles. The highest BCUT2D eigenvalue weighted by molar-refractivity contribution is 6.33. The van der Waals surface area contributed by atoms with Crippen molar-refractivity contribution in [2.75, 3.05) is 18.5 Å². The molecule has 1 fully saturated rings. The molecule has 1 aromatic rings. The second kappa shape index (κ2) is 5.14. The van der Waals surface area contributed by atoms with Crippen molar-refractivity contribution < 1.29 is 4.74 Å². The highest BCUT2D eigenvalue weighted by atomic mass is 35.5. The van der Waals surface area contributed by atoms with Crippen molar-refractivity contribution in [2.24, 2.45) is 11.3 Å². The molecule has 3 rings (SSSR count). The zero-order chi connectivity index (χ0) is 14.3. The third-order valence-corrected chi connectivity index (χ3v) is 4.79. The van der Waals surface area contributed by atoms with Gasteiger partial charge in [-0.05, 0) is 42.6 Å². The van der Waals surface area contributed by atoms with E-state index >= 15 is 0 Å². The molecule has 1 unspecified atom stereocenters. The Kier molecular flexibility index (Phi) is 3.62. The number of halogens is 1. The monoisotopic (exact) mass is 293 g/mol. The van der Waals surface area contributed by atoms with Crippen LogP contribution in [0.5, 0.6) is 5.75 Å². The van der Waals surface area contributed by atoms with Gasteiger partial charge in [0.25, 0.3) is 0 Å². The fraction of sp³-hybridized carbons (Fsp3) is 0.647. The first kappa shape index (κ1) is 14.1. The smallest absolute Gasteiger partial charge is 0.147 e. The van der Waals surface area contributed by atoms with E-state index in [9.17, 15) is 0 Å². The molecule has 2 aliphatic rings. The van der Waals surface area contributed by atoms with Gasteiger partial charge in [-0.25, -0.2) is 0 Å². The van der Waals surface area contributed by atoms with Crippen molar-refractivity contribution in [1.29, 1.82) is 0 Å². The van der Waals surface area contributed by atoms with Crippen LogP contribution in [0.1, 0.15) is 51.5 Å². The summed E-state index contributed by atoms with van der Waals surface area (Å²) in [4.78, 5) is 0. The van der Waals surface area contributed by atoms with Gasteiger partial charge in [0.1, 0.15) is 5.75 Å². The van der Waals surface area contributed by atoms with Gasteiger partial charge in [-0.3, -0.25) is 0 Å². The molecular weight excluding hydrogens is 270 g/mol. The second-order valence-electron chi connectivity index (χ2n) is 7.22. The number of anilines is 1. The number of rotatable bonds is 3. The SMILES string of the molecule is CC(C)(C)C1CCOc2c1ccc(Cl)c2NCC1CC1. The van der Waals surface area contributed by atoms with E-state index in [2.05, 4.69) is 32.2 Å². The molecular formula is C17H24ClNO. The van der Waals surface area contributed by atoms with Gasteiger partial charge in [-0.2, -0.15) is 0 Å². The largest absolute Gasteiger partial charge is 0.491 e. The summed E-state index contributed by atoms with van der Waals surface area (Å²) >= 11 is 6.38. The number of hydrogen-bond acceptors (Lipinski definition) is 2. The molecule has 20 heavy (non-hydrogen) atoms. The lowest BCUT2D eigenvalue weighted by molar-refractivity contribution is 0.205. The predicted octanol–water partition coefficient (Wildman–Crippen LogP) is 5.07. The summed E-state index contributed by atoms with van der Waals surface area (Å²) in [6, 6.07) is 4.16. The number of ether oxygens (including phenoxy) is 1. The molecule has 1 atom stereocenters. The molecule has 3 heteroatoms. The standard InChI is InChI=1S/C17H24ClNO/c1-17(2,3)13-8-9-20-16-12(13)6-7-14(18)15(16)19-10-11-4-5-11/h6-7,11,13,19H,4-5,8-10H2,1-3H3. The fourth-order valence-electron chi connectivity index (χ4n) is 3.07. The topological polar surface area (TPSA) is 21.3 Å². The number of nitrogens with one attached hydrogen (secondary N) is 1. The summed E-state index contributed by atoms with van der Waals surface area (Å²) in [5.41, 5.74) is 2.57. The van der Waals surface area contributed by atoms with E-state index in [0.717, 1.165) is 41.9 Å². The van der Waals surface area contributed by atoms with Gasteiger partial charge in [0.2, 0.25) is 0 Å². The molecule has 1 aliphatic carbocycles. The maximum absolute atomic E-state index is 6.38. The van der Waals surface area contributed by atoms with Crippen molar-refractivity contribution in [2.45, 2.75) is 46.0 Å². The Balaban J connectivity index is 1.94. The van der Waals surface area contributed by atoms with E-state index in [4.69, 9.17) is 16.3 Å². The second-order valence-corrected chi connectivity index (χ2v) is 7.63. The lowest BCUT2D eigenvalue weighted by Gasteiger charge is -2.36. The van der Waals surface area contributed by atoms with Crippen molar-refractivity contribution in [1.82, 2.24) is 0 Å². The van der Waals surface area contributed by atoms with E-state index in [0.29, 0.717) is 5.92 Å². The van der Waals surface area contributed by atoms with Crippen LogP contribution in [-0.2, 0) is 0 Å². The van der Waals surface area contributed by atoms with Crippen molar-refractivity contribution in [3.63, 3.8) is 0 Å². The first-order valence-corrected chi connectivity index (χ1v) is 8.03. The zero-order valence-corrected chi connectivity index (χ0v) is 13.4. The first-order chi connectivity index (χ1) is 9.47. The molecule has 0 saturated heterocycles. The molecule has 110 valence electrons. The normalized spacial score (nSPS) is 22.1. The van der Waals surface area contributed by atoms with E-state index in [-0.39, 0.29) is 5.41 Å². The maximum Gasteiger partial charge on any atom is 0.147 e. The highest BCUT2D eigenvalue weighted by Gasteiger charge is 2.33. The Bertz CT molecular complexity index is 502. The van der Waals surface area contributed by atoms with Gasteiger partial charge in [0.15, 0.2) is 0 Å². The van der Waals surface area contributed by atoms with Crippen LogP contribution in [0, 0.1) is 11.3 Å². The van der Waals surface area contributed by atoms with Crippen LogP contribution in [0.25, 0.3) is 0 Å². The molecule has 0 radical (unpaired) electrons. The fourth-order valence-corrected chi connectivity index (χ4v) is 3.29. The number of fused-ring (bicyclic) bond motifs is 1. The lowest BCUT2D eigenvalue weighted by atomic mass is 9.73. The van der Waals surface area contributed by atoms with Crippen LogP contribution >= 0.6 is 11.6 Å². The number of hydrogen-bond donors (Lipinski definition) is 1. The van der Waals surface area contributed by atoms with Crippen LogP contribution in [0.3, 0.4) is 0 Å². The van der Waals surface area contributed by atoms with Crippen LogP contribution in [0.4, 0.5) is 5.69 Å². The third-order valence-electron chi connectivity index (χ3n) is 4.48. The summed E-state index contributed by atoms with van der Waals surface area (Å²) in [7, 11) is 0. The maximum atomic E-state index is 6.38. The van der Waals surface area contributed by atoms with E-state index < -0.39 is 0 Å². The molecule has 0 aromatic heterocycles. The number of benzene rings is 1. The summed E-state index contributed by atoms with van der Waals surface area (Å²) in [6.45, 7) is 8.71. The van der Waals surface area contributed by atoms with Gasteiger partial charge in [-0.15, -0.1) is 0 Å². The van der Waals surface area contributed by atoms with E-state index in [1.165, 1.54) is 18.4 Å². The minimum Gasteiger partial charge on any atom is -0.491 e. The third kappa shape index (κ3) is 2.76. The molecule has 1 saturated carbocycles. The van der Waals surface area contributed by atoms with Crippen LogP contribution in [0.2, 0.25) is 5.02 Å². The zero-order valence-electron chi connectivity index (χ0n) is 12.6. The van der Waals surface area contributed by atoms with Crippen molar-refractivity contribution >= 4 is 17.3 Å². The molecule has 0 bridgehead atoms. The molecule has 0 amide bonds. The summed E-state index contributed by atoms with van der Waals surface area (Å²) in [6.07, 6.45) is 3.76. The summed E-state index contributed by atoms with van der Waals surface area (Å²) < 4.78 is 5.97. The molecule has 1 aromatic carbocycles. The predicted molar refractivity (Wildman–Crippen MR) is 85.0 cm³/mol. The van der Waals surface area contributed by atoms with Crippen LogP contribution in [-0.4, -0.2) is 13.2 Å². The Labute approximate surface area is 126 Å². The average Bonchev–Trinajstić information content (AvgIpc) is 3.19. The average molecular weight is 294 g/mol. The molecule has 1 heterocycles. The van der Waals surface area contributed by atoms with E-state index in [1.54, 1.807) is 0 Å². The minimum absolute atomic E-state index is 0.250. The van der Waals surface area contributed by atoms with Gasteiger partial charge < -0.3 is 10.1 Å². The first-order valence-electron chi connectivity index (χ1n) is 7.66. The Morgan fingerprint density at radius 3 is 2.65 bits per heavy atom. The molecule has 1 N–H and O–H groups in total. The summed E-state index contributed by atoms with van der Waals surface area (Å²) in [5.74, 6) is 2.35. The Morgan fingerprint density at radius 1 is 1.25 bits per heavy atom. The minimum atomic E-state index is 0.250. The highest BCUT2D eigenvalue weighted by Crippen LogP contribution is 2.49.